The molecule has 0 amide bonds. The van der Waals surface area contributed by atoms with E-state index in [1.165, 1.54) is 0 Å². The third-order valence-corrected chi connectivity index (χ3v) is 6.27. The van der Waals surface area contributed by atoms with Gasteiger partial charge in [0.25, 0.3) is 0 Å². The van der Waals surface area contributed by atoms with Gasteiger partial charge in [0.05, 0.1) is 0 Å². The fraction of sp³-hybridized carbons (Fsp3) is 0.133. The molecule has 0 bridgehead atoms. The highest BCUT2D eigenvalue weighted by atomic mass is 16.5. The monoisotopic (exact) mass is 444 g/mol. The van der Waals surface area contributed by atoms with Gasteiger partial charge >= 0.3 is 0 Å². The maximum absolute atomic E-state index is 6.00. The quantitative estimate of drug-likeness (QED) is 0.358. The Morgan fingerprint density at radius 3 is 1.29 bits per heavy atom. The minimum absolute atomic E-state index is 0.0531. The molecule has 34 heavy (non-hydrogen) atoms. The minimum Gasteiger partial charge on any atom is -0.475 e. The van der Waals surface area contributed by atoms with Crippen molar-refractivity contribution in [3.05, 3.63) is 131 Å². The molecule has 4 heteroatoms. The van der Waals surface area contributed by atoms with Crippen molar-refractivity contribution in [1.82, 2.24) is 0 Å². The highest BCUT2D eigenvalue weighted by molar-refractivity contribution is 5.96. The summed E-state index contributed by atoms with van der Waals surface area (Å²) in [5, 5.41) is 0. The summed E-state index contributed by atoms with van der Waals surface area (Å²) in [6.45, 7) is 1.07. The standard InChI is InChI=1S/C30H24N2O2/c1-3-11-21(12-4-1)29-31-27(19-33-29)25-17-9-7-15-23(25)24-16-8-10-18-26(24)28-20-34-30(32-28)22-13-5-2-6-14-22/h1-18,27-28H,19-20H2/t27-,28?/m1/s1. The Balaban J connectivity index is 1.36. The zero-order valence-corrected chi connectivity index (χ0v) is 18.7. The summed E-state index contributed by atoms with van der Waals surface area (Å²) in [5.41, 5.74) is 6.66. The van der Waals surface area contributed by atoms with Crippen molar-refractivity contribution < 1.29 is 9.47 Å². The van der Waals surface area contributed by atoms with Crippen molar-refractivity contribution in [2.75, 3.05) is 13.2 Å². The largest absolute Gasteiger partial charge is 0.475 e. The Morgan fingerprint density at radius 2 is 0.853 bits per heavy atom. The lowest BCUT2D eigenvalue weighted by Gasteiger charge is -2.17. The Hall–Kier alpha value is -4.18. The van der Waals surface area contributed by atoms with Gasteiger partial charge in [-0.3, -0.25) is 0 Å². The molecular formula is C30H24N2O2. The van der Waals surface area contributed by atoms with Gasteiger partial charge in [-0.05, 0) is 46.5 Å². The van der Waals surface area contributed by atoms with E-state index >= 15 is 0 Å². The van der Waals surface area contributed by atoms with E-state index in [1.54, 1.807) is 0 Å². The van der Waals surface area contributed by atoms with Gasteiger partial charge < -0.3 is 9.47 Å². The predicted molar refractivity (Wildman–Crippen MR) is 135 cm³/mol. The first-order chi connectivity index (χ1) is 16.9. The average molecular weight is 445 g/mol. The van der Waals surface area contributed by atoms with E-state index in [-0.39, 0.29) is 12.1 Å². The molecular weight excluding hydrogens is 420 g/mol. The molecule has 6 rings (SSSR count). The second-order valence-corrected chi connectivity index (χ2v) is 8.43. The predicted octanol–water partition coefficient (Wildman–Crippen LogP) is 6.39. The first-order valence-electron chi connectivity index (χ1n) is 11.6. The number of rotatable bonds is 5. The molecule has 0 saturated heterocycles. The second kappa shape index (κ2) is 8.99. The molecule has 0 fully saturated rings. The normalized spacial score (nSPS) is 19.2. The summed E-state index contributed by atoms with van der Waals surface area (Å²) >= 11 is 0. The highest BCUT2D eigenvalue weighted by Crippen LogP contribution is 2.38. The van der Waals surface area contributed by atoms with Gasteiger partial charge in [-0.1, -0.05) is 84.9 Å². The lowest BCUT2D eigenvalue weighted by Crippen LogP contribution is -2.04. The van der Waals surface area contributed by atoms with Crippen LogP contribution in [-0.4, -0.2) is 25.0 Å². The van der Waals surface area contributed by atoms with Crippen molar-refractivity contribution in [3.63, 3.8) is 0 Å². The van der Waals surface area contributed by atoms with Crippen LogP contribution in [0, 0.1) is 0 Å². The summed E-state index contributed by atoms with van der Waals surface area (Å²) in [4.78, 5) is 9.87. The summed E-state index contributed by atoms with van der Waals surface area (Å²) < 4.78 is 12.0. The summed E-state index contributed by atoms with van der Waals surface area (Å²) in [5.74, 6) is 1.41. The third-order valence-electron chi connectivity index (χ3n) is 6.27. The SMILES string of the molecule is c1ccc(C2=NC(c3ccccc3-c3ccccc3[C@H]3COC(c4ccccc4)=N3)CO2)cc1. The highest BCUT2D eigenvalue weighted by Gasteiger charge is 2.27. The van der Waals surface area contributed by atoms with Crippen molar-refractivity contribution in [1.29, 1.82) is 0 Å². The number of aliphatic imine (C=N–C) groups is 2. The smallest absolute Gasteiger partial charge is 0.216 e. The van der Waals surface area contributed by atoms with Crippen LogP contribution in [0.15, 0.2) is 119 Å². The molecule has 2 aliphatic rings. The Labute approximate surface area is 199 Å². The number of ether oxygens (including phenoxy) is 2. The number of hydrogen-bond donors (Lipinski definition) is 0. The number of hydrogen-bond acceptors (Lipinski definition) is 4. The molecule has 4 aromatic rings. The topological polar surface area (TPSA) is 43.2 Å². The van der Waals surface area contributed by atoms with Crippen LogP contribution in [0.1, 0.15) is 34.3 Å². The zero-order valence-electron chi connectivity index (χ0n) is 18.7. The van der Waals surface area contributed by atoms with Crippen LogP contribution in [0.25, 0.3) is 11.1 Å². The van der Waals surface area contributed by atoms with Crippen molar-refractivity contribution >= 4 is 11.8 Å². The molecule has 2 aliphatic heterocycles. The summed E-state index contributed by atoms with van der Waals surface area (Å²) in [7, 11) is 0. The first kappa shape index (κ1) is 20.4. The molecule has 0 N–H and O–H groups in total. The number of nitrogens with zero attached hydrogens (tertiary/aromatic N) is 2. The fourth-order valence-electron chi connectivity index (χ4n) is 4.61. The van der Waals surface area contributed by atoms with Crippen LogP contribution >= 0.6 is 0 Å². The van der Waals surface area contributed by atoms with Gasteiger partial charge in [0.15, 0.2) is 0 Å². The molecule has 0 aliphatic carbocycles. The van der Waals surface area contributed by atoms with Crippen LogP contribution < -0.4 is 0 Å². The van der Waals surface area contributed by atoms with Gasteiger partial charge in [-0.2, -0.15) is 0 Å². The number of benzene rings is 4. The van der Waals surface area contributed by atoms with Crippen LogP contribution in [0.2, 0.25) is 0 Å². The van der Waals surface area contributed by atoms with E-state index in [9.17, 15) is 0 Å². The van der Waals surface area contributed by atoms with Gasteiger partial charge in [0, 0.05) is 11.1 Å². The van der Waals surface area contributed by atoms with E-state index in [0.29, 0.717) is 25.0 Å². The average Bonchev–Trinajstić information content (AvgIpc) is 3.61. The Bertz CT molecular complexity index is 1260. The first-order valence-corrected chi connectivity index (χ1v) is 11.6. The van der Waals surface area contributed by atoms with E-state index in [1.807, 2.05) is 60.7 Å². The van der Waals surface area contributed by atoms with E-state index in [2.05, 4.69) is 48.5 Å². The maximum atomic E-state index is 6.00. The Kier molecular flexibility index (Phi) is 5.40. The van der Waals surface area contributed by atoms with Crippen LogP contribution in [0.5, 0.6) is 0 Å². The lowest BCUT2D eigenvalue weighted by molar-refractivity contribution is 0.319. The molecule has 166 valence electrons. The fourth-order valence-corrected chi connectivity index (χ4v) is 4.61. The minimum atomic E-state index is -0.0531. The van der Waals surface area contributed by atoms with E-state index in [0.717, 1.165) is 33.4 Å². The summed E-state index contributed by atoms with van der Waals surface area (Å²) in [6.07, 6.45) is 0. The summed E-state index contributed by atoms with van der Waals surface area (Å²) in [6, 6.07) is 37.0. The maximum Gasteiger partial charge on any atom is 0.216 e. The Morgan fingerprint density at radius 1 is 0.471 bits per heavy atom. The van der Waals surface area contributed by atoms with Crippen molar-refractivity contribution in [3.8, 4) is 11.1 Å². The van der Waals surface area contributed by atoms with E-state index in [4.69, 9.17) is 19.5 Å². The van der Waals surface area contributed by atoms with Crippen LogP contribution in [0.3, 0.4) is 0 Å². The molecule has 0 saturated carbocycles. The van der Waals surface area contributed by atoms with Gasteiger partial charge in [0.1, 0.15) is 25.3 Å². The molecule has 4 nitrogen and oxygen atoms in total. The van der Waals surface area contributed by atoms with Crippen molar-refractivity contribution in [2.24, 2.45) is 9.98 Å². The molecule has 2 atom stereocenters. The molecule has 1 unspecified atom stereocenters. The third kappa shape index (κ3) is 3.88. The molecule has 2 heterocycles. The molecule has 0 aromatic heterocycles. The molecule has 0 spiro atoms. The van der Waals surface area contributed by atoms with Crippen LogP contribution in [0.4, 0.5) is 0 Å². The lowest BCUT2D eigenvalue weighted by atomic mass is 9.90. The van der Waals surface area contributed by atoms with Gasteiger partial charge in [-0.15, -0.1) is 0 Å². The second-order valence-electron chi connectivity index (χ2n) is 8.43. The zero-order chi connectivity index (χ0) is 22.7. The van der Waals surface area contributed by atoms with Crippen molar-refractivity contribution in [2.45, 2.75) is 12.1 Å². The van der Waals surface area contributed by atoms with E-state index < -0.39 is 0 Å². The molecule has 0 radical (unpaired) electrons. The van der Waals surface area contributed by atoms with Gasteiger partial charge in [0.2, 0.25) is 11.8 Å². The molecule has 4 aromatic carbocycles. The van der Waals surface area contributed by atoms with Gasteiger partial charge in [-0.25, -0.2) is 9.98 Å². The van der Waals surface area contributed by atoms with Crippen LogP contribution in [-0.2, 0) is 9.47 Å².